The van der Waals surface area contributed by atoms with Crippen molar-refractivity contribution >= 4 is 28.0 Å². The molecule has 0 saturated heterocycles. The Morgan fingerprint density at radius 2 is 1.69 bits per heavy atom. The molecule has 0 amide bonds. The molecule has 0 saturated carbocycles. The zero-order chi connectivity index (χ0) is 10.1. The van der Waals surface area contributed by atoms with Crippen molar-refractivity contribution in [2.45, 2.75) is 4.90 Å². The van der Waals surface area contributed by atoms with E-state index >= 15 is 0 Å². The van der Waals surface area contributed by atoms with Gasteiger partial charge in [0.2, 0.25) is 0 Å². The van der Waals surface area contributed by atoms with Crippen LogP contribution in [0.4, 0.5) is 0 Å². The van der Waals surface area contributed by atoms with E-state index in [2.05, 4.69) is 0 Å². The Morgan fingerprint density at radius 1 is 1.19 bits per heavy atom. The SMILES string of the molecule is O.O.O.O=Cc1ccc(Cl)c(S(=O)(=O)O)c1. The van der Waals surface area contributed by atoms with Gasteiger partial charge in [0.25, 0.3) is 10.1 Å². The highest BCUT2D eigenvalue weighted by Crippen LogP contribution is 2.21. The Bertz CT molecular complexity index is 442. The Labute approximate surface area is 96.3 Å². The van der Waals surface area contributed by atoms with Gasteiger partial charge in [-0.2, -0.15) is 8.42 Å². The quantitative estimate of drug-likeness (QED) is 0.535. The molecule has 94 valence electrons. The summed E-state index contributed by atoms with van der Waals surface area (Å²) in [5, 5.41) is -0.117. The van der Waals surface area contributed by atoms with Crippen molar-refractivity contribution in [2.24, 2.45) is 0 Å². The Hall–Kier alpha value is -1.03. The van der Waals surface area contributed by atoms with E-state index in [4.69, 9.17) is 16.2 Å². The summed E-state index contributed by atoms with van der Waals surface area (Å²) in [5.74, 6) is 0. The Kier molecular flexibility index (Phi) is 9.27. The fourth-order valence-corrected chi connectivity index (χ4v) is 1.80. The van der Waals surface area contributed by atoms with Gasteiger partial charge >= 0.3 is 0 Å². The molecule has 0 radical (unpaired) electrons. The van der Waals surface area contributed by atoms with Crippen LogP contribution in [0.5, 0.6) is 0 Å². The monoisotopic (exact) mass is 274 g/mol. The molecule has 0 aliphatic carbocycles. The predicted molar refractivity (Wildman–Crippen MR) is 57.5 cm³/mol. The zero-order valence-corrected chi connectivity index (χ0v) is 9.34. The molecule has 9 heteroatoms. The summed E-state index contributed by atoms with van der Waals surface area (Å²) in [6.07, 6.45) is 0.463. The summed E-state index contributed by atoms with van der Waals surface area (Å²) in [7, 11) is -4.36. The van der Waals surface area contributed by atoms with Crippen molar-refractivity contribution < 1.29 is 34.2 Å². The minimum Gasteiger partial charge on any atom is -0.412 e. The maximum Gasteiger partial charge on any atom is 0.296 e. The van der Waals surface area contributed by atoms with E-state index in [1.54, 1.807) is 0 Å². The van der Waals surface area contributed by atoms with E-state index in [1.807, 2.05) is 0 Å². The van der Waals surface area contributed by atoms with Gasteiger partial charge in [0.15, 0.2) is 0 Å². The molecular weight excluding hydrogens is 264 g/mol. The summed E-state index contributed by atoms with van der Waals surface area (Å²) in [4.78, 5) is 9.82. The molecule has 0 aliphatic heterocycles. The van der Waals surface area contributed by atoms with Crippen LogP contribution in [-0.2, 0) is 10.1 Å². The smallest absolute Gasteiger partial charge is 0.296 e. The van der Waals surface area contributed by atoms with Crippen LogP contribution in [-0.4, -0.2) is 35.7 Å². The first-order chi connectivity index (χ1) is 5.95. The van der Waals surface area contributed by atoms with Gasteiger partial charge in [-0.05, 0) is 12.1 Å². The summed E-state index contributed by atoms with van der Waals surface area (Å²) < 4.78 is 30.0. The van der Waals surface area contributed by atoms with Crippen LogP contribution in [0, 0.1) is 0 Å². The average molecular weight is 275 g/mol. The minimum absolute atomic E-state index is 0. The van der Waals surface area contributed by atoms with Gasteiger partial charge in [0.1, 0.15) is 11.2 Å². The molecule has 0 aliphatic rings. The first-order valence-electron chi connectivity index (χ1n) is 3.17. The first kappa shape index (κ1) is 20.4. The number of benzene rings is 1. The number of halogens is 1. The summed E-state index contributed by atoms with van der Waals surface area (Å²) in [6, 6.07) is 3.59. The van der Waals surface area contributed by atoms with E-state index in [-0.39, 0.29) is 27.0 Å². The summed E-state index contributed by atoms with van der Waals surface area (Å²) in [6.45, 7) is 0. The number of aldehydes is 1. The van der Waals surface area contributed by atoms with Gasteiger partial charge < -0.3 is 16.4 Å². The molecule has 0 unspecified atom stereocenters. The lowest BCUT2D eigenvalue weighted by Gasteiger charge is -2.00. The number of rotatable bonds is 2. The van der Waals surface area contributed by atoms with Gasteiger partial charge in [0.05, 0.1) is 5.02 Å². The Morgan fingerprint density at radius 3 is 2.06 bits per heavy atom. The largest absolute Gasteiger partial charge is 0.412 e. The highest BCUT2D eigenvalue weighted by molar-refractivity contribution is 7.86. The van der Waals surface area contributed by atoms with Gasteiger partial charge in [-0.15, -0.1) is 0 Å². The topological polar surface area (TPSA) is 166 Å². The van der Waals surface area contributed by atoms with E-state index in [0.29, 0.717) is 6.29 Å². The maximum atomic E-state index is 10.7. The highest BCUT2D eigenvalue weighted by Gasteiger charge is 2.14. The van der Waals surface area contributed by atoms with Crippen LogP contribution in [0.1, 0.15) is 10.4 Å². The molecule has 0 atom stereocenters. The summed E-state index contributed by atoms with van der Waals surface area (Å²) >= 11 is 5.48. The Balaban J connectivity index is -0.000000563. The van der Waals surface area contributed by atoms with Gasteiger partial charge in [-0.25, -0.2) is 0 Å². The maximum absolute atomic E-state index is 10.7. The molecule has 7 N–H and O–H groups in total. The molecule has 1 aromatic carbocycles. The molecule has 7 nitrogen and oxygen atoms in total. The molecule has 0 spiro atoms. The van der Waals surface area contributed by atoms with E-state index in [9.17, 15) is 13.2 Å². The van der Waals surface area contributed by atoms with Crippen LogP contribution in [0.25, 0.3) is 0 Å². The number of carbonyl (C=O) groups excluding carboxylic acids is 1. The van der Waals surface area contributed by atoms with Crippen LogP contribution < -0.4 is 0 Å². The third-order valence-electron chi connectivity index (χ3n) is 1.37. The van der Waals surface area contributed by atoms with Crippen molar-refractivity contribution in [3.8, 4) is 0 Å². The van der Waals surface area contributed by atoms with Gasteiger partial charge in [-0.1, -0.05) is 17.7 Å². The standard InChI is InChI=1S/C7H5ClO4S.3H2O/c8-6-2-1-5(4-9)3-7(6)13(10,11)12;;;/h1-4H,(H,10,11,12);3*1H2. The molecular formula is C7H11ClO7S. The lowest BCUT2D eigenvalue weighted by Crippen LogP contribution is -1.99. The van der Waals surface area contributed by atoms with Gasteiger partial charge in [0, 0.05) is 5.56 Å². The molecule has 0 bridgehead atoms. The second kappa shape index (κ2) is 7.28. The summed E-state index contributed by atoms with van der Waals surface area (Å²) in [5.41, 5.74) is 0.136. The molecule has 0 heterocycles. The number of carbonyl (C=O) groups is 1. The lowest BCUT2D eigenvalue weighted by atomic mass is 10.2. The van der Waals surface area contributed by atoms with E-state index in [1.165, 1.54) is 12.1 Å². The third-order valence-corrected chi connectivity index (χ3v) is 2.70. The third kappa shape index (κ3) is 4.66. The van der Waals surface area contributed by atoms with Crippen molar-refractivity contribution in [1.82, 2.24) is 0 Å². The van der Waals surface area contributed by atoms with Crippen LogP contribution in [0.15, 0.2) is 23.1 Å². The van der Waals surface area contributed by atoms with E-state index in [0.717, 1.165) is 6.07 Å². The fraction of sp³-hybridized carbons (Fsp3) is 0. The van der Waals surface area contributed by atoms with Crippen molar-refractivity contribution in [3.05, 3.63) is 28.8 Å². The normalized spacial score (nSPS) is 9.12. The van der Waals surface area contributed by atoms with Crippen molar-refractivity contribution in [2.75, 3.05) is 0 Å². The second-order valence-electron chi connectivity index (χ2n) is 2.28. The first-order valence-corrected chi connectivity index (χ1v) is 4.99. The predicted octanol–water partition coefficient (Wildman–Crippen LogP) is -1.07. The van der Waals surface area contributed by atoms with Crippen LogP contribution in [0.3, 0.4) is 0 Å². The van der Waals surface area contributed by atoms with Gasteiger partial charge in [-0.3, -0.25) is 9.35 Å². The lowest BCUT2D eigenvalue weighted by molar-refractivity contribution is 0.112. The van der Waals surface area contributed by atoms with Crippen molar-refractivity contribution in [1.29, 1.82) is 0 Å². The van der Waals surface area contributed by atoms with E-state index < -0.39 is 15.0 Å². The molecule has 16 heavy (non-hydrogen) atoms. The molecule has 1 rings (SSSR count). The highest BCUT2D eigenvalue weighted by atomic mass is 35.5. The number of hydrogen-bond donors (Lipinski definition) is 1. The zero-order valence-electron chi connectivity index (χ0n) is 7.77. The fourth-order valence-electron chi connectivity index (χ4n) is 0.791. The average Bonchev–Trinajstić information content (AvgIpc) is 2.03. The molecule has 1 aromatic rings. The molecule has 0 fully saturated rings. The minimum atomic E-state index is -4.36. The van der Waals surface area contributed by atoms with Crippen LogP contribution in [0.2, 0.25) is 5.02 Å². The molecule has 0 aromatic heterocycles. The van der Waals surface area contributed by atoms with Crippen molar-refractivity contribution in [3.63, 3.8) is 0 Å². The number of hydrogen-bond acceptors (Lipinski definition) is 3. The second-order valence-corrected chi connectivity index (χ2v) is 4.08. The van der Waals surface area contributed by atoms with Crippen LogP contribution >= 0.6 is 11.6 Å².